The van der Waals surface area contributed by atoms with E-state index in [0.29, 0.717) is 0 Å². The van der Waals surface area contributed by atoms with Gasteiger partial charge < -0.3 is 34.5 Å². The number of hydrogen-bond donors (Lipinski definition) is 2. The van der Waals surface area contributed by atoms with Crippen LogP contribution in [-0.2, 0) is 38.2 Å². The van der Waals surface area contributed by atoms with Crippen LogP contribution in [0.1, 0.15) is 19.6 Å². The molecule has 188 valence electrons. The Morgan fingerprint density at radius 2 is 2.09 bits per heavy atom. The highest BCUT2D eigenvalue weighted by atomic mass is 32.2. The first-order valence-corrected chi connectivity index (χ1v) is 11.1. The number of amides is 3. The van der Waals surface area contributed by atoms with Crippen molar-refractivity contribution in [3.05, 3.63) is 35.4 Å². The quantitative estimate of drug-likeness (QED) is 0.147. The minimum absolute atomic E-state index is 0.124. The Bertz CT molecular complexity index is 1080. The maximum absolute atomic E-state index is 13.0. The van der Waals surface area contributed by atoms with Gasteiger partial charge in [-0.2, -0.15) is 0 Å². The summed E-state index contributed by atoms with van der Waals surface area (Å²) in [7, 11) is 1.25. The van der Waals surface area contributed by atoms with E-state index in [9.17, 15) is 24.0 Å². The standard InChI is InChI=1S/C20H22N4O10S/c1-9(25)33-10(2)34-19(28)15-11(7-32-20(21)29)8-35-18-14(17(27)24(15)18)22-16(26)13(23-30-3)12-5-4-6-31-12/h4-6,10,14,18H,7-8H2,1-3H3,(H2,21,29)(H,22,26)/t10?,14?,18-/m1/s1. The zero-order chi connectivity index (χ0) is 25.7. The van der Waals surface area contributed by atoms with Crippen molar-refractivity contribution in [3.8, 4) is 0 Å². The molecule has 15 heteroatoms. The van der Waals surface area contributed by atoms with E-state index in [1.54, 1.807) is 6.07 Å². The Hall–Kier alpha value is -4.01. The number of rotatable bonds is 9. The SMILES string of the molecule is CON=C(C(=O)NC1C(=O)N2C(C(=O)OC(C)OC(C)=O)=C(COC(N)=O)CS[C@H]12)c1ccco1. The largest absolute Gasteiger partial charge is 0.462 e. The van der Waals surface area contributed by atoms with Gasteiger partial charge in [0.1, 0.15) is 30.8 Å². The lowest BCUT2D eigenvalue weighted by Crippen LogP contribution is -2.71. The summed E-state index contributed by atoms with van der Waals surface area (Å²) in [6.07, 6.45) is -0.976. The second-order valence-electron chi connectivity index (χ2n) is 7.10. The van der Waals surface area contributed by atoms with Gasteiger partial charge in [0.15, 0.2) is 5.76 Å². The zero-order valence-corrected chi connectivity index (χ0v) is 19.7. The van der Waals surface area contributed by atoms with E-state index in [1.165, 1.54) is 38.1 Å². The summed E-state index contributed by atoms with van der Waals surface area (Å²) in [5.74, 6) is -2.75. The first kappa shape index (κ1) is 25.6. The Kier molecular flexibility index (Phi) is 8.01. The highest BCUT2D eigenvalue weighted by molar-refractivity contribution is 8.00. The Labute approximate surface area is 202 Å². The molecule has 1 saturated heterocycles. The summed E-state index contributed by atoms with van der Waals surface area (Å²) < 4.78 is 19.9. The van der Waals surface area contributed by atoms with Crippen LogP contribution in [0, 0.1) is 0 Å². The number of furan rings is 1. The van der Waals surface area contributed by atoms with E-state index in [-0.39, 0.29) is 35.1 Å². The third-order valence-corrected chi connectivity index (χ3v) is 6.01. The van der Waals surface area contributed by atoms with Crippen molar-refractivity contribution in [1.29, 1.82) is 0 Å². The molecule has 0 radical (unpaired) electrons. The van der Waals surface area contributed by atoms with Crippen LogP contribution in [0.25, 0.3) is 0 Å². The van der Waals surface area contributed by atoms with Crippen LogP contribution in [0.3, 0.4) is 0 Å². The number of carbonyl (C=O) groups excluding carboxylic acids is 5. The molecule has 3 atom stereocenters. The van der Waals surface area contributed by atoms with Crippen LogP contribution in [0.2, 0.25) is 0 Å². The van der Waals surface area contributed by atoms with Gasteiger partial charge in [-0.15, -0.1) is 11.8 Å². The van der Waals surface area contributed by atoms with E-state index < -0.39 is 47.6 Å². The van der Waals surface area contributed by atoms with Crippen LogP contribution in [0.5, 0.6) is 0 Å². The van der Waals surface area contributed by atoms with Crippen LogP contribution >= 0.6 is 11.8 Å². The van der Waals surface area contributed by atoms with Crippen molar-refractivity contribution in [2.75, 3.05) is 19.5 Å². The molecule has 0 bridgehead atoms. The third kappa shape index (κ3) is 5.74. The molecular formula is C20H22N4O10S. The molecule has 3 amide bonds. The van der Waals surface area contributed by atoms with Crippen molar-refractivity contribution < 1.29 is 47.4 Å². The van der Waals surface area contributed by atoms with Gasteiger partial charge in [-0.3, -0.25) is 19.3 Å². The lowest BCUT2D eigenvalue weighted by molar-refractivity contribution is -0.182. The lowest BCUT2D eigenvalue weighted by atomic mass is 10.0. The summed E-state index contributed by atoms with van der Waals surface area (Å²) in [4.78, 5) is 66.7. The number of hydrogen-bond acceptors (Lipinski definition) is 12. The van der Waals surface area contributed by atoms with Gasteiger partial charge in [0, 0.05) is 25.2 Å². The molecule has 2 unspecified atom stereocenters. The third-order valence-electron chi connectivity index (χ3n) is 4.67. The van der Waals surface area contributed by atoms with Crippen molar-refractivity contribution in [1.82, 2.24) is 10.2 Å². The molecule has 2 aliphatic rings. The van der Waals surface area contributed by atoms with E-state index in [0.717, 1.165) is 11.8 Å². The molecule has 3 heterocycles. The summed E-state index contributed by atoms with van der Waals surface area (Å²) in [5, 5.41) is 5.53. The van der Waals surface area contributed by atoms with Gasteiger partial charge in [-0.25, -0.2) is 9.59 Å². The second-order valence-corrected chi connectivity index (χ2v) is 8.21. The fourth-order valence-corrected chi connectivity index (χ4v) is 4.65. The summed E-state index contributed by atoms with van der Waals surface area (Å²) in [6, 6.07) is 2.03. The molecule has 3 N–H and O–H groups in total. The second kappa shape index (κ2) is 10.9. The normalized spacial score (nSPS) is 20.3. The topological polar surface area (TPSA) is 189 Å². The highest BCUT2D eigenvalue weighted by Gasteiger charge is 2.55. The first-order chi connectivity index (χ1) is 16.6. The monoisotopic (exact) mass is 510 g/mol. The number of primary amides is 1. The van der Waals surface area contributed by atoms with Gasteiger partial charge in [-0.05, 0) is 12.1 Å². The Morgan fingerprint density at radius 3 is 2.69 bits per heavy atom. The average Bonchev–Trinajstić information content (AvgIpc) is 3.32. The number of fused-ring (bicyclic) bond motifs is 1. The van der Waals surface area contributed by atoms with E-state index in [1.807, 2.05) is 0 Å². The Morgan fingerprint density at radius 1 is 1.34 bits per heavy atom. The molecule has 0 aromatic carbocycles. The number of oxime groups is 1. The van der Waals surface area contributed by atoms with Crippen molar-refractivity contribution in [3.63, 3.8) is 0 Å². The molecule has 3 rings (SSSR count). The number of esters is 2. The van der Waals surface area contributed by atoms with Crippen molar-refractivity contribution in [2.24, 2.45) is 10.9 Å². The Balaban J connectivity index is 1.80. The zero-order valence-electron chi connectivity index (χ0n) is 18.8. The number of nitrogens with one attached hydrogen (secondary N) is 1. The maximum atomic E-state index is 13.0. The summed E-state index contributed by atoms with van der Waals surface area (Å²) in [6.45, 7) is 2.09. The number of nitrogens with zero attached hydrogens (tertiary/aromatic N) is 2. The minimum Gasteiger partial charge on any atom is -0.462 e. The number of ether oxygens (including phenoxy) is 3. The molecule has 0 spiro atoms. The molecule has 0 saturated carbocycles. The van der Waals surface area contributed by atoms with Crippen LogP contribution in [-0.4, -0.2) is 77.6 Å². The van der Waals surface area contributed by atoms with E-state index >= 15 is 0 Å². The smallest absolute Gasteiger partial charge is 0.404 e. The average molecular weight is 510 g/mol. The summed E-state index contributed by atoms with van der Waals surface area (Å²) >= 11 is 1.21. The highest BCUT2D eigenvalue weighted by Crippen LogP contribution is 2.41. The predicted molar refractivity (Wildman–Crippen MR) is 117 cm³/mol. The molecule has 1 aromatic rings. The number of thioether (sulfide) groups is 1. The molecule has 35 heavy (non-hydrogen) atoms. The first-order valence-electron chi connectivity index (χ1n) is 10.1. The van der Waals surface area contributed by atoms with E-state index in [2.05, 4.69) is 10.5 Å². The van der Waals surface area contributed by atoms with Gasteiger partial charge in [-0.1, -0.05) is 5.16 Å². The van der Waals surface area contributed by atoms with Gasteiger partial charge in [0.25, 0.3) is 11.8 Å². The molecule has 2 aliphatic heterocycles. The number of carbonyl (C=O) groups is 5. The molecule has 1 fully saturated rings. The van der Waals surface area contributed by atoms with Crippen LogP contribution in [0.15, 0.2) is 39.2 Å². The number of β-lactam (4-membered cyclic amide) rings is 1. The molecule has 14 nitrogen and oxygen atoms in total. The molecule has 1 aromatic heterocycles. The van der Waals surface area contributed by atoms with Crippen LogP contribution in [0.4, 0.5) is 4.79 Å². The van der Waals surface area contributed by atoms with Crippen LogP contribution < -0.4 is 11.1 Å². The van der Waals surface area contributed by atoms with Gasteiger partial charge >= 0.3 is 18.0 Å². The fourth-order valence-electron chi connectivity index (χ4n) is 3.32. The minimum atomic E-state index is -1.24. The van der Waals surface area contributed by atoms with Crippen molar-refractivity contribution >= 4 is 47.3 Å². The number of nitrogens with two attached hydrogens (primary N) is 1. The van der Waals surface area contributed by atoms with Gasteiger partial charge in [0.2, 0.25) is 12.0 Å². The predicted octanol–water partition coefficient (Wildman–Crippen LogP) is -0.168. The van der Waals surface area contributed by atoms with Gasteiger partial charge in [0.05, 0.1) is 6.26 Å². The maximum Gasteiger partial charge on any atom is 0.404 e. The molecular weight excluding hydrogens is 488 g/mol. The van der Waals surface area contributed by atoms with E-state index in [4.69, 9.17) is 29.2 Å². The molecule has 0 aliphatic carbocycles. The summed E-state index contributed by atoms with van der Waals surface area (Å²) in [5.41, 5.74) is 4.89. The lowest BCUT2D eigenvalue weighted by Gasteiger charge is -2.49. The van der Waals surface area contributed by atoms with Crippen molar-refractivity contribution in [2.45, 2.75) is 31.6 Å². The fraction of sp³-hybridized carbons (Fsp3) is 0.400.